The molecular weight excluding hydrogens is 445 g/mol. The Bertz CT molecular complexity index is 1140. The van der Waals surface area contributed by atoms with E-state index in [0.29, 0.717) is 11.0 Å². The van der Waals surface area contributed by atoms with Gasteiger partial charge in [-0.05, 0) is 55.6 Å². The van der Waals surface area contributed by atoms with E-state index >= 15 is 0 Å². The molecule has 172 valence electrons. The Morgan fingerprint density at radius 2 is 1.21 bits per heavy atom. The number of ether oxygens (including phenoxy) is 2. The van der Waals surface area contributed by atoms with Crippen LogP contribution in [0.1, 0.15) is 11.6 Å². The predicted octanol–water partition coefficient (Wildman–Crippen LogP) is 3.44. The molecule has 1 unspecified atom stereocenters. The number of hydrogen-bond donors (Lipinski definition) is 1. The molecule has 0 fully saturated rings. The van der Waals surface area contributed by atoms with Crippen molar-refractivity contribution in [1.29, 1.82) is 0 Å². The quantitative estimate of drug-likeness (QED) is 0.243. The summed E-state index contributed by atoms with van der Waals surface area (Å²) in [6.45, 7) is 0. The molecule has 0 aliphatic carbocycles. The van der Waals surface area contributed by atoms with Crippen molar-refractivity contribution in [1.82, 2.24) is 4.98 Å². The van der Waals surface area contributed by atoms with Crippen LogP contribution < -0.4 is 21.0 Å². The molecule has 5 nitrogen and oxygen atoms in total. The Morgan fingerprint density at radius 3 is 1.56 bits per heavy atom. The molecule has 0 saturated heterocycles. The Hall–Kier alpha value is -3.82. The molecule has 0 radical (unpaired) electrons. The number of hydrogen-bond acceptors (Lipinski definition) is 4. The number of carbonyl (C=O) groups is 1. The fourth-order valence-corrected chi connectivity index (χ4v) is 8.98. The lowest BCUT2D eigenvalue weighted by Gasteiger charge is -2.34. The highest BCUT2D eigenvalue weighted by molar-refractivity contribution is 7.99. The number of H-pyrrole nitrogens is 1. The normalized spacial score (nSPS) is 13.0. The van der Waals surface area contributed by atoms with Crippen LogP contribution in [0.3, 0.4) is 0 Å². The lowest BCUT2D eigenvalue weighted by molar-refractivity contribution is -0.354. The van der Waals surface area contributed by atoms with E-state index in [1.807, 2.05) is 91.0 Å². The van der Waals surface area contributed by atoms with Crippen molar-refractivity contribution >= 4 is 29.1 Å². The third-order valence-corrected chi connectivity index (χ3v) is 10.2. The minimum absolute atomic E-state index is 0.355. The van der Waals surface area contributed by atoms with E-state index < -0.39 is 25.1 Å². The molecule has 0 aliphatic rings. The first kappa shape index (κ1) is 23.3. The number of carbonyl (C=O) groups excluding carboxylic acids is 1. The zero-order valence-electron chi connectivity index (χ0n) is 19.0. The second kappa shape index (κ2) is 10.4. The Kier molecular flexibility index (Phi) is 7.15. The summed E-state index contributed by atoms with van der Waals surface area (Å²) in [4.78, 5) is 16.5. The summed E-state index contributed by atoms with van der Waals surface area (Å²) >= 11 is 0. The SMILES string of the molecule is COC(=O)C(/C(=C(\[O-])OC)[P+](c1ccccc1)(c1ccccc1)c1ccccc1)c1ccc[nH]1. The molecule has 1 N–H and O–H groups in total. The standard InChI is InChI=1S/C28H26NO4P/c1-32-27(30)25(24-19-12-20-29-24)26(28(31)33-2)34(21-13-6-3-7-14-21,22-15-8-4-9-16-22)23-17-10-5-11-18-23/h3-20,25,29H,1-2H3/b28-26-. The zero-order chi connectivity index (χ0) is 24.0. The van der Waals surface area contributed by atoms with Crippen molar-refractivity contribution in [2.45, 2.75) is 5.92 Å². The third kappa shape index (κ3) is 4.11. The van der Waals surface area contributed by atoms with Crippen LogP contribution in [-0.4, -0.2) is 25.2 Å². The molecule has 34 heavy (non-hydrogen) atoms. The second-order valence-corrected chi connectivity index (χ2v) is 11.0. The van der Waals surface area contributed by atoms with Gasteiger partial charge in [-0.15, -0.1) is 0 Å². The molecule has 4 rings (SSSR count). The van der Waals surface area contributed by atoms with Gasteiger partial charge in [-0.2, -0.15) is 0 Å². The van der Waals surface area contributed by atoms with Crippen molar-refractivity contribution in [3.8, 4) is 0 Å². The minimum atomic E-state index is -2.88. The molecule has 0 aliphatic heterocycles. The van der Waals surface area contributed by atoms with Crippen LogP contribution in [0.4, 0.5) is 0 Å². The third-order valence-electron chi connectivity index (χ3n) is 5.83. The maximum atomic E-state index is 13.8. The number of rotatable bonds is 8. The average molecular weight is 471 g/mol. The van der Waals surface area contributed by atoms with Crippen LogP contribution in [0, 0.1) is 0 Å². The van der Waals surface area contributed by atoms with Crippen molar-refractivity contribution < 1.29 is 19.4 Å². The van der Waals surface area contributed by atoms with Gasteiger partial charge in [0, 0.05) is 11.9 Å². The molecule has 0 bridgehead atoms. The van der Waals surface area contributed by atoms with Crippen molar-refractivity contribution in [3.05, 3.63) is 126 Å². The van der Waals surface area contributed by atoms with Gasteiger partial charge in [0.1, 0.15) is 28.5 Å². The van der Waals surface area contributed by atoms with Gasteiger partial charge in [0.15, 0.2) is 5.92 Å². The maximum Gasteiger partial charge on any atom is 0.322 e. The molecule has 0 saturated carbocycles. The first-order valence-electron chi connectivity index (χ1n) is 10.9. The fraction of sp³-hybridized carbons (Fsp3) is 0.107. The first-order valence-corrected chi connectivity index (χ1v) is 12.7. The summed E-state index contributed by atoms with van der Waals surface area (Å²) in [7, 11) is -0.197. The number of nitrogens with one attached hydrogen (secondary N) is 1. The number of aromatic nitrogens is 1. The van der Waals surface area contributed by atoms with Gasteiger partial charge in [-0.25, -0.2) is 0 Å². The molecule has 1 atom stereocenters. The lowest BCUT2D eigenvalue weighted by Crippen LogP contribution is -2.37. The molecule has 3 aromatic carbocycles. The highest BCUT2D eigenvalue weighted by Gasteiger charge is 2.55. The highest BCUT2D eigenvalue weighted by Crippen LogP contribution is 2.66. The van der Waals surface area contributed by atoms with E-state index in [1.165, 1.54) is 14.2 Å². The average Bonchev–Trinajstić information content (AvgIpc) is 3.44. The van der Waals surface area contributed by atoms with Gasteiger partial charge in [0.05, 0.1) is 13.1 Å². The molecule has 1 aromatic heterocycles. The number of methoxy groups -OCH3 is 2. The topological polar surface area (TPSA) is 74.4 Å². The summed E-state index contributed by atoms with van der Waals surface area (Å²) in [5.41, 5.74) is 0.569. The van der Waals surface area contributed by atoms with E-state index in [-0.39, 0.29) is 0 Å². The minimum Gasteiger partial charge on any atom is -0.614 e. The van der Waals surface area contributed by atoms with Gasteiger partial charge < -0.3 is 19.6 Å². The first-order chi connectivity index (χ1) is 16.6. The second-order valence-electron chi connectivity index (χ2n) is 7.64. The van der Waals surface area contributed by atoms with Crippen LogP contribution in [-0.2, 0) is 14.3 Å². The number of benzene rings is 3. The molecule has 4 aromatic rings. The summed E-state index contributed by atoms with van der Waals surface area (Å²) in [6.07, 6.45) is 1.73. The van der Waals surface area contributed by atoms with Crippen LogP contribution in [0.25, 0.3) is 0 Å². The fourth-order valence-electron chi connectivity index (χ4n) is 4.40. The van der Waals surface area contributed by atoms with Crippen LogP contribution >= 0.6 is 7.26 Å². The Balaban J connectivity index is 2.20. The van der Waals surface area contributed by atoms with Gasteiger partial charge in [-0.1, -0.05) is 54.6 Å². The number of aromatic amines is 1. The molecule has 6 heteroatoms. The van der Waals surface area contributed by atoms with Gasteiger partial charge >= 0.3 is 5.97 Å². The summed E-state index contributed by atoms with van der Waals surface area (Å²) in [5, 5.41) is 17.0. The van der Waals surface area contributed by atoms with E-state index in [9.17, 15) is 9.90 Å². The van der Waals surface area contributed by atoms with Crippen LogP contribution in [0.5, 0.6) is 0 Å². The monoisotopic (exact) mass is 471 g/mol. The summed E-state index contributed by atoms with van der Waals surface area (Å²) in [6, 6.07) is 33.2. The van der Waals surface area contributed by atoms with Crippen molar-refractivity contribution in [2.75, 3.05) is 14.2 Å². The summed E-state index contributed by atoms with van der Waals surface area (Å²) in [5.74, 6) is -2.06. The lowest BCUT2D eigenvalue weighted by atomic mass is 10.1. The Labute approximate surface area is 200 Å². The van der Waals surface area contributed by atoms with Crippen molar-refractivity contribution in [2.24, 2.45) is 0 Å². The van der Waals surface area contributed by atoms with Crippen LogP contribution in [0.2, 0.25) is 0 Å². The van der Waals surface area contributed by atoms with Gasteiger partial charge in [0.25, 0.3) is 0 Å². The van der Waals surface area contributed by atoms with E-state index in [2.05, 4.69) is 4.98 Å². The molecule has 0 spiro atoms. The zero-order valence-corrected chi connectivity index (χ0v) is 19.9. The Morgan fingerprint density at radius 1 is 0.735 bits per heavy atom. The summed E-state index contributed by atoms with van der Waals surface area (Å²) < 4.78 is 10.6. The maximum absolute atomic E-state index is 13.8. The highest BCUT2D eigenvalue weighted by atomic mass is 31.2. The molecule has 0 amide bonds. The van der Waals surface area contributed by atoms with E-state index in [0.717, 1.165) is 15.9 Å². The van der Waals surface area contributed by atoms with E-state index in [1.54, 1.807) is 18.3 Å². The predicted molar refractivity (Wildman–Crippen MR) is 135 cm³/mol. The van der Waals surface area contributed by atoms with Gasteiger partial charge in [-0.3, -0.25) is 4.79 Å². The van der Waals surface area contributed by atoms with Gasteiger partial charge in [0.2, 0.25) is 0 Å². The molecule has 1 heterocycles. The smallest absolute Gasteiger partial charge is 0.322 e. The van der Waals surface area contributed by atoms with E-state index in [4.69, 9.17) is 9.47 Å². The number of esters is 1. The largest absolute Gasteiger partial charge is 0.614 e. The van der Waals surface area contributed by atoms with Crippen molar-refractivity contribution in [3.63, 3.8) is 0 Å². The van der Waals surface area contributed by atoms with Crippen LogP contribution in [0.15, 0.2) is 121 Å². The molecular formula is C28H26NO4P.